The van der Waals surface area contributed by atoms with Gasteiger partial charge >= 0.3 is 0 Å². The number of nitrogens with one attached hydrogen (secondary N) is 3. The summed E-state index contributed by atoms with van der Waals surface area (Å²) in [6.45, 7) is -2.75. The smallest absolute Gasteiger partial charge is 0.273 e. The molecule has 1 saturated carbocycles. The Labute approximate surface area is 210 Å². The van der Waals surface area contributed by atoms with E-state index in [-0.39, 0.29) is 34.9 Å². The monoisotopic (exact) mass is 488 g/mol. The van der Waals surface area contributed by atoms with Crippen LogP contribution in [0.1, 0.15) is 27.4 Å². The van der Waals surface area contributed by atoms with Gasteiger partial charge in [-0.3, -0.25) is 9.59 Å². The van der Waals surface area contributed by atoms with Crippen molar-refractivity contribution in [2.75, 3.05) is 24.7 Å². The van der Waals surface area contributed by atoms with Crippen LogP contribution >= 0.6 is 0 Å². The van der Waals surface area contributed by atoms with Gasteiger partial charge in [0.1, 0.15) is 0 Å². The van der Waals surface area contributed by atoms with Gasteiger partial charge in [-0.15, -0.1) is 10.2 Å². The number of amides is 2. The van der Waals surface area contributed by atoms with Crippen molar-refractivity contribution in [1.29, 1.82) is 0 Å². The highest BCUT2D eigenvalue weighted by Crippen LogP contribution is 2.38. The third-order valence-electron chi connectivity index (χ3n) is 5.50. The lowest BCUT2D eigenvalue weighted by molar-refractivity contribution is -0.117. The van der Waals surface area contributed by atoms with Crippen molar-refractivity contribution in [3.63, 3.8) is 0 Å². The summed E-state index contributed by atoms with van der Waals surface area (Å²) in [6, 6.07) is 15.8. The first-order chi connectivity index (χ1) is 18.7. The number of carbonyl (C=O) groups excluding carboxylic acids is 2. The van der Waals surface area contributed by atoms with Gasteiger partial charge in [-0.2, -0.15) is 4.98 Å². The third kappa shape index (κ3) is 4.71. The summed E-state index contributed by atoms with van der Waals surface area (Å²) in [4.78, 5) is 29.5. The van der Waals surface area contributed by atoms with Gasteiger partial charge in [0, 0.05) is 28.6 Å². The average molecular weight is 489 g/mol. The molecule has 4 aromatic rings. The molecule has 182 valence electrons. The summed E-state index contributed by atoms with van der Waals surface area (Å²) < 4.78 is 33.3. The summed E-state index contributed by atoms with van der Waals surface area (Å²) in [7, 11) is 1.45. The number of ether oxygens (including phenoxy) is 1. The molecule has 2 heterocycles. The maximum absolute atomic E-state index is 12.7. The molecule has 36 heavy (non-hydrogen) atoms. The number of aromatic nitrogens is 4. The van der Waals surface area contributed by atoms with Crippen LogP contribution in [0.5, 0.6) is 5.75 Å². The van der Waals surface area contributed by atoms with E-state index in [1.165, 1.54) is 13.2 Å². The zero-order valence-electron chi connectivity index (χ0n) is 22.1. The first kappa shape index (κ1) is 19.5. The molecule has 2 amide bonds. The number of rotatable bonds is 8. The molecule has 0 spiro atoms. The van der Waals surface area contributed by atoms with Gasteiger partial charge in [-0.25, -0.2) is 0 Å². The van der Waals surface area contributed by atoms with Crippen LogP contribution < -0.4 is 20.7 Å². The molecular weight excluding hydrogens is 462 g/mol. The number of methoxy groups -OCH3 is 1. The summed E-state index contributed by atoms with van der Waals surface area (Å²) >= 11 is 0. The van der Waals surface area contributed by atoms with E-state index in [2.05, 4.69) is 31.0 Å². The first-order valence-corrected chi connectivity index (χ1v) is 11.1. The summed E-state index contributed by atoms with van der Waals surface area (Å²) in [5, 5.41) is 19.5. The van der Waals surface area contributed by atoms with Crippen molar-refractivity contribution in [3.05, 3.63) is 60.3 Å². The number of para-hydroxylation sites is 1. The number of anilines is 3. The van der Waals surface area contributed by atoms with Gasteiger partial charge in [0.25, 0.3) is 11.8 Å². The molecule has 0 saturated heterocycles. The Hall–Kier alpha value is -4.80. The Morgan fingerprint density at radius 3 is 2.67 bits per heavy atom. The van der Waals surface area contributed by atoms with Crippen LogP contribution in [-0.2, 0) is 4.79 Å². The van der Waals surface area contributed by atoms with Gasteiger partial charge < -0.3 is 25.2 Å². The molecule has 0 radical (unpaired) electrons. The second-order valence-corrected chi connectivity index (χ2v) is 8.01. The van der Waals surface area contributed by atoms with Crippen molar-refractivity contribution >= 4 is 29.0 Å². The van der Waals surface area contributed by atoms with Gasteiger partial charge in [-0.1, -0.05) is 41.6 Å². The molecule has 0 bridgehead atoms. The first-order valence-electron chi connectivity index (χ1n) is 12.6. The van der Waals surface area contributed by atoms with Crippen LogP contribution in [0.15, 0.2) is 59.1 Å². The highest BCUT2D eigenvalue weighted by Gasteiger charge is 2.30. The van der Waals surface area contributed by atoms with Gasteiger partial charge in [0.05, 0.1) is 24.0 Å². The van der Waals surface area contributed by atoms with E-state index in [4.69, 9.17) is 13.4 Å². The summed E-state index contributed by atoms with van der Waals surface area (Å²) in [6.07, 6.45) is 1.57. The lowest BCUT2D eigenvalue weighted by Crippen LogP contribution is -2.22. The molecule has 3 N–H and O–H groups in total. The summed E-state index contributed by atoms with van der Waals surface area (Å²) in [5.74, 6) is -0.287. The number of hydrogen-bond donors (Lipinski definition) is 3. The standard InChI is InChI=1S/C25H23N7O4/c1-26-24(34)20-18(13-19(30-31-20)28-23(33)15-11-12-15)27-17-10-6-9-16(21(17)35-2)25-29-22(32-36-25)14-7-4-3-5-8-14/h3-10,13,15H,11-12H2,1-2H3,(H,26,34)(H2,27,28,30,33)/i1D3. The molecule has 0 unspecified atom stereocenters. The van der Waals surface area contributed by atoms with Crippen LogP contribution in [0.4, 0.5) is 17.2 Å². The van der Waals surface area contributed by atoms with Crippen LogP contribution in [-0.4, -0.2) is 46.2 Å². The van der Waals surface area contributed by atoms with Crippen molar-refractivity contribution in [1.82, 2.24) is 25.7 Å². The molecule has 11 nitrogen and oxygen atoms in total. The van der Waals surface area contributed by atoms with Crippen molar-refractivity contribution in [2.24, 2.45) is 5.92 Å². The number of hydrogen-bond acceptors (Lipinski definition) is 9. The Bertz CT molecular complexity index is 1520. The molecule has 1 aliphatic carbocycles. The minimum atomic E-state index is -2.75. The molecule has 0 atom stereocenters. The minimum Gasteiger partial charge on any atom is -0.494 e. The average Bonchev–Trinajstić information content (AvgIpc) is 3.65. The number of carbonyl (C=O) groups is 2. The molecule has 1 aliphatic rings. The SMILES string of the molecule is [2H]C([2H])([2H])NC(=O)c1nnc(NC(=O)C2CC2)cc1Nc1cccc(-c2nc(-c3ccccc3)no2)c1OC. The van der Waals surface area contributed by atoms with Crippen LogP contribution in [0.3, 0.4) is 0 Å². The van der Waals surface area contributed by atoms with E-state index in [0.29, 0.717) is 22.8 Å². The maximum Gasteiger partial charge on any atom is 0.273 e. The fraction of sp³-hybridized carbons (Fsp3) is 0.200. The predicted molar refractivity (Wildman–Crippen MR) is 132 cm³/mol. The van der Waals surface area contributed by atoms with Crippen LogP contribution in [0, 0.1) is 5.92 Å². The summed E-state index contributed by atoms with van der Waals surface area (Å²) in [5.41, 5.74) is 1.41. The Balaban J connectivity index is 1.50. The Kier molecular flexibility index (Phi) is 5.32. The quantitative estimate of drug-likeness (QED) is 0.338. The molecule has 2 aromatic carbocycles. The second kappa shape index (κ2) is 9.82. The fourth-order valence-electron chi connectivity index (χ4n) is 3.56. The van der Waals surface area contributed by atoms with E-state index in [1.54, 1.807) is 18.2 Å². The number of benzene rings is 2. The highest BCUT2D eigenvalue weighted by atomic mass is 16.5. The van der Waals surface area contributed by atoms with Gasteiger partial charge in [0.15, 0.2) is 17.3 Å². The van der Waals surface area contributed by atoms with E-state index < -0.39 is 12.9 Å². The van der Waals surface area contributed by atoms with Crippen molar-refractivity contribution < 1.29 is 23.0 Å². The van der Waals surface area contributed by atoms with E-state index in [1.807, 2.05) is 35.6 Å². The lowest BCUT2D eigenvalue weighted by Gasteiger charge is -2.15. The third-order valence-corrected chi connectivity index (χ3v) is 5.50. The van der Waals surface area contributed by atoms with Crippen LogP contribution in [0.25, 0.3) is 22.8 Å². The zero-order valence-corrected chi connectivity index (χ0v) is 19.1. The van der Waals surface area contributed by atoms with Crippen LogP contribution in [0.2, 0.25) is 0 Å². The highest BCUT2D eigenvalue weighted by molar-refractivity contribution is 6.00. The second-order valence-electron chi connectivity index (χ2n) is 8.01. The maximum atomic E-state index is 12.7. The Morgan fingerprint density at radius 2 is 1.92 bits per heavy atom. The van der Waals surface area contributed by atoms with E-state index >= 15 is 0 Å². The number of nitrogens with zero attached hydrogens (tertiary/aromatic N) is 4. The van der Waals surface area contributed by atoms with Crippen molar-refractivity contribution in [2.45, 2.75) is 12.8 Å². The Morgan fingerprint density at radius 1 is 1.08 bits per heavy atom. The predicted octanol–water partition coefficient (Wildman–Crippen LogP) is 3.65. The largest absolute Gasteiger partial charge is 0.494 e. The van der Waals surface area contributed by atoms with E-state index in [9.17, 15) is 9.59 Å². The van der Waals surface area contributed by atoms with Gasteiger partial charge in [-0.05, 0) is 25.0 Å². The molecular formula is C25H23N7O4. The van der Waals surface area contributed by atoms with Gasteiger partial charge in [0.2, 0.25) is 11.7 Å². The molecule has 0 aliphatic heterocycles. The van der Waals surface area contributed by atoms with E-state index in [0.717, 1.165) is 18.4 Å². The molecule has 5 rings (SSSR count). The molecule has 2 aromatic heterocycles. The van der Waals surface area contributed by atoms with Crippen molar-refractivity contribution in [3.8, 4) is 28.6 Å². The lowest BCUT2D eigenvalue weighted by atomic mass is 10.1. The fourth-order valence-corrected chi connectivity index (χ4v) is 3.56. The normalized spacial score (nSPS) is 14.2. The molecule has 1 fully saturated rings. The zero-order chi connectivity index (χ0) is 27.6. The topological polar surface area (TPSA) is 144 Å². The minimum absolute atomic E-state index is 0.0869. The molecule has 11 heteroatoms.